The molecule has 148 valence electrons. The van der Waals surface area contributed by atoms with Crippen molar-refractivity contribution in [3.8, 4) is 0 Å². The fraction of sp³-hybridized carbons (Fsp3) is 0.778. The number of imidazole rings is 1. The Hall–Kier alpha value is -1.73. The van der Waals surface area contributed by atoms with E-state index in [0.29, 0.717) is 37.8 Å². The number of hydrogen-bond acceptors (Lipinski definition) is 2. The Morgan fingerprint density at radius 3 is 2.58 bits per heavy atom. The molecule has 0 spiro atoms. The van der Waals surface area contributed by atoms with Crippen LogP contribution in [-0.2, 0) is 13.1 Å². The average molecular weight is 373 g/mol. The van der Waals surface area contributed by atoms with Gasteiger partial charge in [-0.25, -0.2) is 9.98 Å². The SMILES string of the molecule is CCNC(=NCc1nccn1CC(C)C)NC1CCC(C(F)(F)F)CC1. The van der Waals surface area contributed by atoms with E-state index in [1.807, 2.05) is 13.1 Å². The number of rotatable bonds is 6. The maximum Gasteiger partial charge on any atom is 0.391 e. The van der Waals surface area contributed by atoms with Crippen LogP contribution in [0.4, 0.5) is 13.2 Å². The summed E-state index contributed by atoms with van der Waals surface area (Å²) in [6.45, 7) is 8.29. The summed E-state index contributed by atoms with van der Waals surface area (Å²) in [5.74, 6) is 0.879. The van der Waals surface area contributed by atoms with Crippen LogP contribution >= 0.6 is 0 Å². The number of nitrogens with zero attached hydrogens (tertiary/aromatic N) is 3. The molecule has 1 aliphatic rings. The van der Waals surface area contributed by atoms with Gasteiger partial charge < -0.3 is 15.2 Å². The molecule has 1 fully saturated rings. The zero-order valence-corrected chi connectivity index (χ0v) is 15.8. The Morgan fingerprint density at radius 1 is 1.31 bits per heavy atom. The number of guanidine groups is 1. The summed E-state index contributed by atoms with van der Waals surface area (Å²) < 4.78 is 40.5. The Morgan fingerprint density at radius 2 is 2.00 bits per heavy atom. The lowest BCUT2D eigenvalue weighted by atomic mass is 9.85. The molecule has 0 atom stereocenters. The molecule has 0 bridgehead atoms. The second-order valence-corrected chi connectivity index (χ2v) is 7.32. The molecular weight excluding hydrogens is 343 g/mol. The lowest BCUT2D eigenvalue weighted by Gasteiger charge is -2.31. The van der Waals surface area contributed by atoms with E-state index in [4.69, 9.17) is 0 Å². The van der Waals surface area contributed by atoms with Crippen molar-refractivity contribution in [1.82, 2.24) is 20.2 Å². The number of nitrogens with one attached hydrogen (secondary N) is 2. The molecule has 0 saturated heterocycles. The molecule has 0 aliphatic heterocycles. The van der Waals surface area contributed by atoms with Crippen LogP contribution in [0.2, 0.25) is 0 Å². The first-order valence-electron chi connectivity index (χ1n) is 9.41. The second kappa shape index (κ2) is 9.28. The van der Waals surface area contributed by atoms with Gasteiger partial charge in [0.05, 0.1) is 5.92 Å². The normalized spacial score (nSPS) is 21.9. The minimum atomic E-state index is -4.07. The van der Waals surface area contributed by atoms with Gasteiger partial charge in [0.25, 0.3) is 0 Å². The van der Waals surface area contributed by atoms with E-state index in [2.05, 4.69) is 39.0 Å². The van der Waals surface area contributed by atoms with E-state index >= 15 is 0 Å². The lowest BCUT2D eigenvalue weighted by Crippen LogP contribution is -2.45. The molecule has 1 aromatic rings. The van der Waals surface area contributed by atoms with Crippen LogP contribution in [0.1, 0.15) is 52.3 Å². The fourth-order valence-corrected chi connectivity index (χ4v) is 3.28. The van der Waals surface area contributed by atoms with Crippen LogP contribution in [-0.4, -0.2) is 34.3 Å². The van der Waals surface area contributed by atoms with Gasteiger partial charge in [0.15, 0.2) is 5.96 Å². The van der Waals surface area contributed by atoms with Crippen LogP contribution in [0, 0.1) is 11.8 Å². The Bertz CT molecular complexity index is 572. The number of hydrogen-bond donors (Lipinski definition) is 2. The predicted octanol–water partition coefficient (Wildman–Crippen LogP) is 3.72. The van der Waals surface area contributed by atoms with Gasteiger partial charge in [-0.05, 0) is 38.5 Å². The molecular formula is C18H30F3N5. The first kappa shape index (κ1) is 20.6. The topological polar surface area (TPSA) is 54.2 Å². The van der Waals surface area contributed by atoms with Crippen LogP contribution in [0.5, 0.6) is 0 Å². The summed E-state index contributed by atoms with van der Waals surface area (Å²) >= 11 is 0. The molecule has 1 aliphatic carbocycles. The highest BCUT2D eigenvalue weighted by Gasteiger charge is 2.41. The van der Waals surface area contributed by atoms with Crippen LogP contribution in [0.3, 0.4) is 0 Å². The van der Waals surface area contributed by atoms with Crippen molar-refractivity contribution in [3.63, 3.8) is 0 Å². The smallest absolute Gasteiger partial charge is 0.357 e. The highest BCUT2D eigenvalue weighted by molar-refractivity contribution is 5.80. The number of aromatic nitrogens is 2. The number of alkyl halides is 3. The van der Waals surface area contributed by atoms with E-state index < -0.39 is 12.1 Å². The Labute approximate surface area is 153 Å². The van der Waals surface area contributed by atoms with E-state index in [-0.39, 0.29) is 18.9 Å². The van der Waals surface area contributed by atoms with Gasteiger partial charge >= 0.3 is 6.18 Å². The van der Waals surface area contributed by atoms with Crippen LogP contribution < -0.4 is 10.6 Å². The molecule has 0 amide bonds. The summed E-state index contributed by atoms with van der Waals surface area (Å²) in [5, 5.41) is 6.46. The third-order valence-electron chi connectivity index (χ3n) is 4.62. The van der Waals surface area contributed by atoms with Crippen molar-refractivity contribution in [2.24, 2.45) is 16.8 Å². The minimum Gasteiger partial charge on any atom is -0.357 e. The van der Waals surface area contributed by atoms with Gasteiger partial charge in [0, 0.05) is 31.5 Å². The summed E-state index contributed by atoms with van der Waals surface area (Å²) in [6, 6.07) is 0.0295. The van der Waals surface area contributed by atoms with Crippen molar-refractivity contribution in [1.29, 1.82) is 0 Å². The third-order valence-corrected chi connectivity index (χ3v) is 4.62. The summed E-state index contributed by atoms with van der Waals surface area (Å²) in [7, 11) is 0. The molecule has 1 aromatic heterocycles. The molecule has 8 heteroatoms. The van der Waals surface area contributed by atoms with Gasteiger partial charge in [-0.2, -0.15) is 13.2 Å². The second-order valence-electron chi connectivity index (χ2n) is 7.32. The van der Waals surface area contributed by atoms with Gasteiger partial charge in [-0.3, -0.25) is 0 Å². The quantitative estimate of drug-likeness (QED) is 0.590. The monoisotopic (exact) mass is 373 g/mol. The third kappa shape index (κ3) is 6.21. The largest absolute Gasteiger partial charge is 0.391 e. The van der Waals surface area contributed by atoms with Gasteiger partial charge in [0.1, 0.15) is 12.4 Å². The van der Waals surface area contributed by atoms with E-state index in [1.165, 1.54) is 0 Å². The fourth-order valence-electron chi connectivity index (χ4n) is 3.28. The molecule has 0 unspecified atom stereocenters. The van der Waals surface area contributed by atoms with Crippen molar-refractivity contribution in [2.45, 2.75) is 71.8 Å². The molecule has 5 nitrogen and oxygen atoms in total. The zero-order valence-electron chi connectivity index (χ0n) is 15.8. The first-order chi connectivity index (χ1) is 12.3. The molecule has 2 N–H and O–H groups in total. The van der Waals surface area contributed by atoms with E-state index in [0.717, 1.165) is 12.4 Å². The maximum absolute atomic E-state index is 12.8. The molecule has 2 rings (SSSR count). The van der Waals surface area contributed by atoms with Crippen molar-refractivity contribution in [2.75, 3.05) is 6.54 Å². The van der Waals surface area contributed by atoms with Crippen molar-refractivity contribution < 1.29 is 13.2 Å². The summed E-state index contributed by atoms with van der Waals surface area (Å²) in [5.41, 5.74) is 0. The molecule has 1 saturated carbocycles. The highest BCUT2D eigenvalue weighted by atomic mass is 19.4. The van der Waals surface area contributed by atoms with Gasteiger partial charge in [0.2, 0.25) is 0 Å². The molecule has 26 heavy (non-hydrogen) atoms. The van der Waals surface area contributed by atoms with E-state index in [1.54, 1.807) is 6.20 Å². The summed E-state index contributed by atoms with van der Waals surface area (Å²) in [4.78, 5) is 8.94. The summed E-state index contributed by atoms with van der Waals surface area (Å²) in [6.07, 6.45) is 1.03. The molecule has 1 heterocycles. The van der Waals surface area contributed by atoms with Crippen LogP contribution in [0.15, 0.2) is 17.4 Å². The first-order valence-corrected chi connectivity index (χ1v) is 9.41. The minimum absolute atomic E-state index is 0.0295. The van der Waals surface area contributed by atoms with Crippen molar-refractivity contribution in [3.05, 3.63) is 18.2 Å². The maximum atomic E-state index is 12.8. The average Bonchev–Trinajstić information content (AvgIpc) is 2.99. The van der Waals surface area contributed by atoms with Gasteiger partial charge in [-0.15, -0.1) is 0 Å². The molecule has 0 radical (unpaired) electrons. The number of aliphatic imine (C=N–C) groups is 1. The van der Waals surface area contributed by atoms with E-state index in [9.17, 15) is 13.2 Å². The lowest BCUT2D eigenvalue weighted by molar-refractivity contribution is -0.182. The Kier molecular flexibility index (Phi) is 7.34. The van der Waals surface area contributed by atoms with Gasteiger partial charge in [-0.1, -0.05) is 13.8 Å². The Balaban J connectivity index is 1.92. The van der Waals surface area contributed by atoms with Crippen molar-refractivity contribution >= 4 is 5.96 Å². The highest BCUT2D eigenvalue weighted by Crippen LogP contribution is 2.37. The zero-order chi connectivity index (χ0) is 19.2. The number of halogens is 3. The predicted molar refractivity (Wildman–Crippen MR) is 96.8 cm³/mol. The molecule has 0 aromatic carbocycles. The van der Waals surface area contributed by atoms with Crippen LogP contribution in [0.25, 0.3) is 0 Å². The standard InChI is InChI=1S/C18H30F3N5/c1-4-22-17(24-11-16-23-9-10-26(16)12-13(2)3)25-15-7-5-14(6-8-15)18(19,20)21/h9-10,13-15H,4-8,11-12H2,1-3H3,(H2,22,24,25).